The number of ether oxygens (including phenoxy) is 4. The Bertz CT molecular complexity index is 1880. The summed E-state index contributed by atoms with van der Waals surface area (Å²) in [5.74, 6) is -5.51. The number of aromatic hydroxyl groups is 2. The lowest BCUT2D eigenvalue weighted by atomic mass is 9.99. The van der Waals surface area contributed by atoms with Gasteiger partial charge in [0.25, 0.3) is 6.04 Å². The van der Waals surface area contributed by atoms with Gasteiger partial charge >= 0.3 is 23.9 Å². The summed E-state index contributed by atoms with van der Waals surface area (Å²) in [4.78, 5) is 47.6. The number of methoxy groups -OCH3 is 1. The molecule has 0 saturated carbocycles. The average Bonchev–Trinajstić information content (AvgIpc) is 3.47. The first-order valence-corrected chi connectivity index (χ1v) is 15.6. The molecular weight excluding hydrogens is 692 g/mol. The number of carbonyl (C=O) groups excluding carboxylic acids is 1. The molecule has 18 heteroatoms. The van der Waals surface area contributed by atoms with Gasteiger partial charge in [-0.2, -0.15) is 4.58 Å². The third kappa shape index (κ3) is 8.16. The van der Waals surface area contributed by atoms with Crippen molar-refractivity contribution in [3.05, 3.63) is 71.0 Å². The lowest BCUT2D eigenvalue weighted by Crippen LogP contribution is -2.60. The zero-order chi connectivity index (χ0) is 37.9. The van der Waals surface area contributed by atoms with Gasteiger partial charge in [-0.05, 0) is 41.5 Å². The van der Waals surface area contributed by atoms with Gasteiger partial charge in [0, 0.05) is 24.1 Å². The van der Waals surface area contributed by atoms with E-state index in [-0.39, 0.29) is 47.0 Å². The SMILES string of the molecule is COc1cc(/C=C/C(=O)OC[C@H]2O[C@@H](Oc3cc4c(cc3O)[N+](=C/C=C3/C=C(C(=O)O)N[C@H](C(=O)O)C3)[C@@H](C(=O)O)C4)[C@H](O)[C@@H](O)[C@@H]2O)ccc1O. The van der Waals surface area contributed by atoms with E-state index in [1.165, 1.54) is 66.5 Å². The minimum Gasteiger partial charge on any atom is -0.504 e. The molecule has 0 aromatic heterocycles. The van der Waals surface area contributed by atoms with Crippen molar-refractivity contribution in [3.8, 4) is 23.0 Å². The second-order valence-corrected chi connectivity index (χ2v) is 11.9. The van der Waals surface area contributed by atoms with E-state index in [4.69, 9.17) is 18.9 Å². The van der Waals surface area contributed by atoms with Crippen molar-refractivity contribution in [2.24, 2.45) is 0 Å². The van der Waals surface area contributed by atoms with Gasteiger partial charge in [-0.1, -0.05) is 6.07 Å². The Balaban J connectivity index is 1.31. The zero-order valence-electron chi connectivity index (χ0n) is 27.2. The van der Waals surface area contributed by atoms with Crippen LogP contribution in [-0.4, -0.2) is 132 Å². The van der Waals surface area contributed by atoms with Gasteiger partial charge in [-0.25, -0.2) is 19.2 Å². The summed E-state index contributed by atoms with van der Waals surface area (Å²) in [6, 6.07) is 4.40. The fourth-order valence-corrected chi connectivity index (χ4v) is 5.74. The number of aliphatic hydroxyl groups is 3. The summed E-state index contributed by atoms with van der Waals surface area (Å²) < 4.78 is 22.7. The number of nitrogens with one attached hydrogen (secondary N) is 1. The van der Waals surface area contributed by atoms with E-state index in [1.54, 1.807) is 0 Å². The molecule has 52 heavy (non-hydrogen) atoms. The Morgan fingerprint density at radius 3 is 2.37 bits per heavy atom. The van der Waals surface area contributed by atoms with E-state index in [2.05, 4.69) is 5.32 Å². The maximum atomic E-state index is 12.4. The van der Waals surface area contributed by atoms with Crippen LogP contribution in [0.25, 0.3) is 6.08 Å². The smallest absolute Gasteiger partial charge is 0.373 e. The summed E-state index contributed by atoms with van der Waals surface area (Å²) in [6.45, 7) is -0.587. The Labute approximate surface area is 294 Å². The number of carboxylic acids is 3. The highest BCUT2D eigenvalue weighted by Gasteiger charge is 2.46. The van der Waals surface area contributed by atoms with Crippen LogP contribution in [0.15, 0.2) is 59.8 Å². The molecule has 3 heterocycles. The predicted molar refractivity (Wildman–Crippen MR) is 174 cm³/mol. The Hall–Kier alpha value is -5.95. The molecule has 7 atom stereocenters. The number of aliphatic carboxylic acids is 3. The molecule has 0 amide bonds. The first-order valence-electron chi connectivity index (χ1n) is 15.6. The van der Waals surface area contributed by atoms with Crippen LogP contribution in [0, 0.1) is 0 Å². The highest BCUT2D eigenvalue weighted by Crippen LogP contribution is 2.40. The van der Waals surface area contributed by atoms with E-state index in [9.17, 15) is 60.0 Å². The van der Waals surface area contributed by atoms with Gasteiger partial charge in [-0.15, -0.1) is 0 Å². The molecule has 0 radical (unpaired) electrons. The minimum atomic E-state index is -1.84. The molecule has 5 rings (SSSR count). The van der Waals surface area contributed by atoms with Crippen LogP contribution in [0.1, 0.15) is 17.5 Å². The van der Waals surface area contributed by atoms with Crippen LogP contribution < -0.4 is 14.8 Å². The molecule has 1 fully saturated rings. The number of allylic oxidation sites excluding steroid dienone is 2. The number of aliphatic hydroxyl groups excluding tert-OH is 3. The highest BCUT2D eigenvalue weighted by atomic mass is 16.7. The first-order chi connectivity index (χ1) is 24.7. The predicted octanol–water partition coefficient (Wildman–Crippen LogP) is -0.385. The van der Waals surface area contributed by atoms with Crippen LogP contribution in [0.2, 0.25) is 0 Å². The summed E-state index contributed by atoms with van der Waals surface area (Å²) >= 11 is 0. The summed E-state index contributed by atoms with van der Waals surface area (Å²) in [5.41, 5.74) is 1.01. The van der Waals surface area contributed by atoms with Crippen molar-refractivity contribution >= 4 is 41.9 Å². The van der Waals surface area contributed by atoms with Crippen molar-refractivity contribution in [1.82, 2.24) is 5.32 Å². The quantitative estimate of drug-likeness (QED) is 0.0810. The third-order valence-electron chi connectivity index (χ3n) is 8.47. The fourth-order valence-electron chi connectivity index (χ4n) is 5.74. The number of benzene rings is 2. The molecule has 0 unspecified atom stereocenters. The van der Waals surface area contributed by atoms with E-state index < -0.39 is 79.0 Å². The first kappa shape index (κ1) is 37.3. The monoisotopic (exact) mass is 727 g/mol. The van der Waals surface area contributed by atoms with Gasteiger partial charge in [0.05, 0.1) is 19.6 Å². The van der Waals surface area contributed by atoms with Crippen molar-refractivity contribution in [2.75, 3.05) is 13.7 Å². The lowest BCUT2D eigenvalue weighted by Gasteiger charge is -2.39. The summed E-state index contributed by atoms with van der Waals surface area (Å²) in [5, 5.41) is 83.3. The van der Waals surface area contributed by atoms with Crippen LogP contribution in [0.3, 0.4) is 0 Å². The molecule has 0 aliphatic carbocycles. The molecule has 1 saturated heterocycles. The standard InChI is InChI=1S/C34H34N2O16/c1-49-24-10-15(2-4-22(24)37)3-5-27(39)50-14-26-28(40)29(41)30(42)34(52-26)51-25-12-17-11-21(33(47)48)36(20(17)13-23(25)38)7-6-16-8-18(31(43)44)35-19(9-16)32(45)46/h2-8,10,12-13,19,21,26,28-30,34,40-42H,9,11,14H2,1H3,(H5,37,38,39,43,44,45,46,47,48)/p+1/t19-,21+,26+,28+,29-,30+,34+/m0/s1. The second kappa shape index (κ2) is 15.5. The second-order valence-electron chi connectivity index (χ2n) is 11.9. The van der Waals surface area contributed by atoms with Crippen LogP contribution in [0.5, 0.6) is 23.0 Å². The number of carboxylic acid groups (broad SMARTS) is 3. The summed E-state index contributed by atoms with van der Waals surface area (Å²) in [7, 11) is 1.36. The number of rotatable bonds is 11. The molecule has 18 nitrogen and oxygen atoms in total. The number of carbonyl (C=O) groups is 4. The number of esters is 1. The van der Waals surface area contributed by atoms with Gasteiger partial charge in [0.15, 0.2) is 29.2 Å². The van der Waals surface area contributed by atoms with Gasteiger partial charge in [0.1, 0.15) is 42.8 Å². The normalized spacial score (nSPS) is 27.1. The van der Waals surface area contributed by atoms with E-state index in [0.29, 0.717) is 11.1 Å². The van der Waals surface area contributed by atoms with Crippen molar-refractivity contribution in [3.63, 3.8) is 0 Å². The molecule has 3 aliphatic heterocycles. The molecule has 3 aliphatic rings. The fraction of sp³-hybridized carbons (Fsp3) is 0.324. The third-order valence-corrected chi connectivity index (χ3v) is 8.47. The molecule has 0 bridgehead atoms. The van der Waals surface area contributed by atoms with Gasteiger partial charge in [-0.3, -0.25) is 0 Å². The van der Waals surface area contributed by atoms with Crippen LogP contribution in [-0.2, 0) is 35.1 Å². The Kier molecular flexibility index (Phi) is 11.1. The van der Waals surface area contributed by atoms with Crippen LogP contribution in [0.4, 0.5) is 5.69 Å². The highest BCUT2D eigenvalue weighted by molar-refractivity contribution is 5.90. The Morgan fingerprint density at radius 2 is 1.69 bits per heavy atom. The number of hydrogen-bond acceptors (Lipinski definition) is 14. The number of phenols is 2. The maximum Gasteiger partial charge on any atom is 0.373 e. The minimum absolute atomic E-state index is 0.0994. The molecule has 276 valence electrons. The van der Waals surface area contributed by atoms with Crippen molar-refractivity contribution in [2.45, 2.75) is 55.6 Å². The molecule has 9 N–H and O–H groups in total. The van der Waals surface area contributed by atoms with Crippen LogP contribution >= 0.6 is 0 Å². The van der Waals surface area contributed by atoms with Gasteiger partial charge in [0.2, 0.25) is 12.0 Å². The van der Waals surface area contributed by atoms with E-state index >= 15 is 0 Å². The van der Waals surface area contributed by atoms with Gasteiger partial charge < -0.3 is 65.1 Å². The largest absolute Gasteiger partial charge is 0.504 e. The lowest BCUT2D eigenvalue weighted by molar-refractivity contribution is -0.456. The average molecular weight is 728 g/mol. The number of phenolic OH excluding ortho intramolecular Hbond substituents is 2. The molecule has 0 spiro atoms. The van der Waals surface area contributed by atoms with E-state index in [1.807, 2.05) is 0 Å². The maximum absolute atomic E-state index is 12.4. The molecule has 2 aromatic rings. The topological polar surface area (TPSA) is 282 Å². The summed E-state index contributed by atoms with van der Waals surface area (Å²) in [6.07, 6.45) is -2.33. The molecular formula is C34H35N2O16+. The Morgan fingerprint density at radius 1 is 0.942 bits per heavy atom. The zero-order valence-corrected chi connectivity index (χ0v) is 27.2. The number of nitrogens with zero attached hydrogens (tertiary/aromatic N) is 1. The number of fused-ring (bicyclic) bond motifs is 1. The number of hydrogen-bond donors (Lipinski definition) is 9. The molecule has 2 aromatic carbocycles. The van der Waals surface area contributed by atoms with E-state index in [0.717, 1.165) is 6.08 Å². The van der Waals surface area contributed by atoms with Crippen molar-refractivity contribution < 1.29 is 83.6 Å². The van der Waals surface area contributed by atoms with Crippen molar-refractivity contribution in [1.29, 1.82) is 0 Å².